The summed E-state index contributed by atoms with van der Waals surface area (Å²) in [6.45, 7) is 17.6. The van der Waals surface area contributed by atoms with Crippen molar-refractivity contribution in [1.82, 2.24) is 9.97 Å². The molecule has 0 saturated carbocycles. The molecule has 0 unspecified atom stereocenters. The van der Waals surface area contributed by atoms with Crippen molar-refractivity contribution >= 4 is 56.1 Å². The normalized spacial score (nSPS) is 30.3. The minimum atomic E-state index is -2.39. The fourth-order valence-electron chi connectivity index (χ4n) is 6.74. The number of fused-ring (bicyclic) bond motifs is 16. The van der Waals surface area contributed by atoms with Crippen molar-refractivity contribution in [2.24, 2.45) is 20.6 Å². The molecule has 5 aliphatic heterocycles. The lowest BCUT2D eigenvalue weighted by Gasteiger charge is -2.38. The number of pyridine rings is 2. The number of oxime groups is 4. The Bertz CT molecular complexity index is 1450. The van der Waals surface area contributed by atoms with Crippen LogP contribution >= 0.6 is 0 Å². The molecule has 244 valence electrons. The highest BCUT2D eigenvalue weighted by atomic mass is 28.4. The van der Waals surface area contributed by atoms with Crippen molar-refractivity contribution in [3.63, 3.8) is 0 Å². The van der Waals surface area contributed by atoms with Crippen molar-refractivity contribution in [2.45, 2.75) is 101 Å². The summed E-state index contributed by atoms with van der Waals surface area (Å²) < 4.78 is 14.0. The van der Waals surface area contributed by atoms with Gasteiger partial charge in [0, 0.05) is 25.7 Å². The van der Waals surface area contributed by atoms with Gasteiger partial charge in [0.1, 0.15) is 45.8 Å². The van der Waals surface area contributed by atoms with Gasteiger partial charge in [-0.25, -0.2) is 9.97 Å². The SMILES string of the molecule is C[Si]1(C)O[Si](C)(C)[C@@H]2CC(=NO2)c2cccc(n2)C2=NO[C@H](C2)[Si](C)(C)O[Si](C)(C)[C@H]2CC(=NO2)c2cccc(n2)C2=NO[C@H]1C2. The fourth-order valence-corrected chi connectivity index (χ4v) is 23.7. The molecule has 5 aliphatic rings. The summed E-state index contributed by atoms with van der Waals surface area (Å²) in [5.41, 5.74) is 5.83. The summed E-state index contributed by atoms with van der Waals surface area (Å²) in [5.74, 6) is 0. The van der Waals surface area contributed by atoms with Crippen LogP contribution in [0.4, 0.5) is 0 Å². The quantitative estimate of drug-likeness (QED) is 0.345. The number of hydrogen-bond acceptors (Lipinski definition) is 12. The van der Waals surface area contributed by atoms with Gasteiger partial charge >= 0.3 is 0 Å². The van der Waals surface area contributed by atoms with E-state index in [1.807, 2.05) is 36.4 Å². The van der Waals surface area contributed by atoms with Crippen molar-refractivity contribution in [1.29, 1.82) is 0 Å². The standard InChI is InChI=1S/C30H42N6O6Si4/c1-43(2)27-15-23(33-37-27)19-11-9-12-21(31-19)25-17-29(39-35-25)45(5,6)42-46(7,8)30-18-26(36-40-30)22-14-10-13-20(32-22)24-16-28(38-34-24)44(3,4)41-43/h9-14,27-30H,15-18H2,1-8H3/t27-,28-,29+,30+. The monoisotopic (exact) mass is 694 g/mol. The zero-order valence-corrected chi connectivity index (χ0v) is 31.7. The maximum Gasteiger partial charge on any atom is 0.221 e. The molecule has 0 saturated heterocycles. The predicted molar refractivity (Wildman–Crippen MR) is 185 cm³/mol. The maximum absolute atomic E-state index is 7.02. The van der Waals surface area contributed by atoms with Crippen LogP contribution in [-0.4, -0.2) is 89.0 Å². The average molecular weight is 695 g/mol. The average Bonchev–Trinajstić information content (AvgIpc) is 3.82. The number of rotatable bonds is 0. The van der Waals surface area contributed by atoms with Gasteiger partial charge in [-0.1, -0.05) is 32.8 Å². The summed E-state index contributed by atoms with van der Waals surface area (Å²) in [6, 6.07) is 11.9. The van der Waals surface area contributed by atoms with Crippen molar-refractivity contribution < 1.29 is 27.6 Å². The molecule has 2 aromatic rings. The minimum Gasteiger partial charge on any atom is -0.451 e. The van der Waals surface area contributed by atoms with Crippen LogP contribution in [0.1, 0.15) is 48.5 Å². The first-order valence-corrected chi connectivity index (χ1v) is 27.9. The Balaban J connectivity index is 1.20. The Labute approximate surface area is 273 Å². The summed E-state index contributed by atoms with van der Waals surface area (Å²) >= 11 is 0. The van der Waals surface area contributed by atoms with E-state index in [1.54, 1.807) is 0 Å². The van der Waals surface area contributed by atoms with Gasteiger partial charge in [0.2, 0.25) is 33.3 Å². The first-order chi connectivity index (χ1) is 21.7. The molecule has 46 heavy (non-hydrogen) atoms. The Hall–Kier alpha value is -3.03. The molecule has 0 fully saturated rings. The van der Waals surface area contributed by atoms with E-state index in [0.29, 0.717) is 25.7 Å². The fraction of sp³-hybridized carbons (Fsp3) is 0.533. The lowest BCUT2D eigenvalue weighted by Crippen LogP contribution is -2.57. The molecule has 7 rings (SSSR count). The van der Waals surface area contributed by atoms with E-state index in [0.717, 1.165) is 45.6 Å². The van der Waals surface area contributed by atoms with E-state index in [4.69, 9.17) is 37.5 Å². The summed E-state index contributed by atoms with van der Waals surface area (Å²) in [5, 5.41) is 18.0. The second kappa shape index (κ2) is 11.3. The van der Waals surface area contributed by atoms with Gasteiger partial charge in [-0.05, 0) is 76.6 Å². The van der Waals surface area contributed by atoms with Crippen LogP contribution in [-0.2, 0) is 27.6 Å². The summed E-state index contributed by atoms with van der Waals surface area (Å²) in [7, 11) is -9.54. The molecule has 0 N–H and O–H groups in total. The maximum atomic E-state index is 7.02. The Morgan fingerprint density at radius 1 is 0.435 bits per heavy atom. The molecule has 12 nitrogen and oxygen atoms in total. The number of aromatic nitrogens is 2. The highest BCUT2D eigenvalue weighted by Gasteiger charge is 2.51. The molecule has 4 atom stereocenters. The molecule has 0 aliphatic carbocycles. The van der Waals surface area contributed by atoms with E-state index < -0.39 is 33.3 Å². The van der Waals surface area contributed by atoms with Crippen LogP contribution in [0, 0.1) is 0 Å². The highest BCUT2D eigenvalue weighted by Crippen LogP contribution is 2.34. The predicted octanol–water partition coefficient (Wildman–Crippen LogP) is 5.17. The summed E-state index contributed by atoms with van der Waals surface area (Å²) in [6.07, 6.45) is 2.54. The minimum absolute atomic E-state index is 0.142. The largest absolute Gasteiger partial charge is 0.451 e. The van der Waals surface area contributed by atoms with E-state index >= 15 is 0 Å². The molecule has 0 radical (unpaired) electrons. The Morgan fingerprint density at radius 2 is 0.674 bits per heavy atom. The van der Waals surface area contributed by atoms with Gasteiger partial charge in [-0.3, -0.25) is 0 Å². The first-order valence-electron chi connectivity index (χ1n) is 16.0. The van der Waals surface area contributed by atoms with Crippen molar-refractivity contribution in [3.05, 3.63) is 59.2 Å². The zero-order chi connectivity index (χ0) is 32.5. The van der Waals surface area contributed by atoms with Gasteiger partial charge in [-0.15, -0.1) is 0 Å². The van der Waals surface area contributed by atoms with Gasteiger partial charge in [0.25, 0.3) is 0 Å². The Kier molecular flexibility index (Phi) is 7.75. The Morgan fingerprint density at radius 3 is 0.913 bits per heavy atom. The topological polar surface area (TPSA) is 131 Å². The smallest absolute Gasteiger partial charge is 0.221 e. The van der Waals surface area contributed by atoms with Gasteiger partial charge in [0.15, 0.2) is 0 Å². The molecular weight excluding hydrogens is 653 g/mol. The molecule has 0 spiro atoms. The van der Waals surface area contributed by atoms with Crippen molar-refractivity contribution in [2.75, 3.05) is 0 Å². The molecule has 0 aromatic carbocycles. The first kappa shape index (κ1) is 31.6. The third-order valence-electron chi connectivity index (χ3n) is 9.51. The lowest BCUT2D eigenvalue weighted by atomic mass is 10.1. The van der Waals surface area contributed by atoms with Gasteiger partial charge in [-0.2, -0.15) is 0 Å². The van der Waals surface area contributed by atoms with E-state index in [1.165, 1.54) is 0 Å². The zero-order valence-electron chi connectivity index (χ0n) is 27.7. The molecule has 0 amide bonds. The van der Waals surface area contributed by atoms with Crippen LogP contribution in [0.25, 0.3) is 0 Å². The van der Waals surface area contributed by atoms with Crippen LogP contribution in [0.2, 0.25) is 52.4 Å². The van der Waals surface area contributed by atoms with Crippen molar-refractivity contribution in [3.8, 4) is 0 Å². The van der Waals surface area contributed by atoms with Crippen LogP contribution < -0.4 is 0 Å². The van der Waals surface area contributed by atoms with Crippen LogP contribution in [0.3, 0.4) is 0 Å². The van der Waals surface area contributed by atoms with Crippen LogP contribution in [0.15, 0.2) is 57.0 Å². The second-order valence-corrected chi connectivity index (χ2v) is 31.8. The second-order valence-electron chi connectivity index (χ2n) is 14.8. The third kappa shape index (κ3) is 5.94. The van der Waals surface area contributed by atoms with E-state index in [9.17, 15) is 0 Å². The van der Waals surface area contributed by atoms with Gasteiger partial charge in [0.05, 0.1) is 22.8 Å². The molecule has 2 aromatic heterocycles. The summed E-state index contributed by atoms with van der Waals surface area (Å²) in [4.78, 5) is 34.1. The third-order valence-corrected chi connectivity index (χ3v) is 25.4. The van der Waals surface area contributed by atoms with E-state index in [2.05, 4.69) is 73.0 Å². The highest BCUT2D eigenvalue weighted by molar-refractivity contribution is 6.87. The number of hydrogen-bond donors (Lipinski definition) is 0. The van der Waals surface area contributed by atoms with E-state index in [-0.39, 0.29) is 22.9 Å². The lowest BCUT2D eigenvalue weighted by molar-refractivity contribution is 0.111. The van der Waals surface area contributed by atoms with Crippen LogP contribution in [0.5, 0.6) is 0 Å². The molecule has 16 heteroatoms. The molecule has 7 heterocycles. The van der Waals surface area contributed by atoms with Gasteiger partial charge < -0.3 is 27.6 Å². The molecular formula is C30H42N6O6Si4. The number of nitrogens with zero attached hydrogens (tertiary/aromatic N) is 6. The molecule has 12 bridgehead atoms.